The van der Waals surface area contributed by atoms with Crippen LogP contribution in [0, 0.1) is 5.92 Å². The molecule has 3 heterocycles. The van der Waals surface area contributed by atoms with Crippen molar-refractivity contribution in [1.82, 2.24) is 4.90 Å². The first-order valence-corrected chi connectivity index (χ1v) is 14.6. The molecule has 1 aromatic heterocycles. The molecule has 1 saturated heterocycles. The van der Waals surface area contributed by atoms with Gasteiger partial charge in [-0.05, 0) is 73.5 Å². The Hall–Kier alpha value is -2.99. The van der Waals surface area contributed by atoms with Gasteiger partial charge in [-0.1, -0.05) is 48.0 Å². The summed E-state index contributed by atoms with van der Waals surface area (Å²) in [6.45, 7) is 2.61. The highest BCUT2D eigenvalue weighted by Gasteiger charge is 2.74. The summed E-state index contributed by atoms with van der Waals surface area (Å²) in [6, 6.07) is 20.4. The highest BCUT2D eigenvalue weighted by molar-refractivity contribution is 6.30. The molecule has 0 unspecified atom stereocenters. The summed E-state index contributed by atoms with van der Waals surface area (Å²) in [5.41, 5.74) is 4.65. The second kappa shape index (κ2) is 7.81. The van der Waals surface area contributed by atoms with Crippen LogP contribution in [0.2, 0.25) is 5.02 Å². The van der Waals surface area contributed by atoms with E-state index in [0.717, 1.165) is 71.1 Å². The summed E-state index contributed by atoms with van der Waals surface area (Å²) < 4.78 is 20.8. The van der Waals surface area contributed by atoms with Gasteiger partial charge < -0.3 is 19.0 Å². The van der Waals surface area contributed by atoms with Crippen molar-refractivity contribution in [2.75, 3.05) is 13.1 Å². The Bertz CT molecular complexity index is 1640. The van der Waals surface area contributed by atoms with E-state index >= 15 is 0 Å². The first kappa shape index (κ1) is 22.8. The van der Waals surface area contributed by atoms with Crippen molar-refractivity contribution in [3.8, 4) is 11.5 Å². The molecule has 3 aliphatic carbocycles. The average Bonchev–Trinajstić information content (AvgIpc) is 3.59. The third kappa shape index (κ3) is 2.93. The van der Waals surface area contributed by atoms with Gasteiger partial charge in [-0.3, -0.25) is 4.90 Å². The molecule has 2 bridgehead atoms. The standard InChI is InChI=1S/C33H30ClNO4/c34-22-10-7-20(8-11-22)18-37-33-16-24-23-3-1-2-4-26(23)38-29(24)31-32(33)13-14-35(17-19-5-6-19)27(33)15-21-9-12-25(36)30(39-31)28(21)32/h1-4,7-12,19,27,31,36H,5-6,13-18H2/t27-,31+,32+,33-/m1/s1. The molecule has 4 atom stereocenters. The highest BCUT2D eigenvalue weighted by atomic mass is 35.5. The van der Waals surface area contributed by atoms with E-state index in [4.69, 9.17) is 25.5 Å². The van der Waals surface area contributed by atoms with Gasteiger partial charge in [0.15, 0.2) is 17.6 Å². The number of phenolic OH excluding ortho intramolecular Hbond substituents is 1. The number of halogens is 1. The van der Waals surface area contributed by atoms with Crippen molar-refractivity contribution < 1.29 is 19.0 Å². The van der Waals surface area contributed by atoms with Crippen LogP contribution in [0.5, 0.6) is 11.5 Å². The second-order valence-electron chi connectivity index (χ2n) is 12.2. The molecule has 6 heteroatoms. The van der Waals surface area contributed by atoms with Crippen LogP contribution >= 0.6 is 11.6 Å². The zero-order chi connectivity index (χ0) is 25.9. The zero-order valence-corrected chi connectivity index (χ0v) is 22.4. The van der Waals surface area contributed by atoms with E-state index in [1.54, 1.807) is 0 Å². The van der Waals surface area contributed by atoms with Crippen molar-refractivity contribution in [2.45, 2.75) is 61.9 Å². The smallest absolute Gasteiger partial charge is 0.169 e. The quantitative estimate of drug-likeness (QED) is 0.305. The topological polar surface area (TPSA) is 55.1 Å². The average molecular weight is 540 g/mol. The molecule has 2 aliphatic heterocycles. The van der Waals surface area contributed by atoms with Gasteiger partial charge in [0.2, 0.25) is 0 Å². The fourth-order valence-corrected chi connectivity index (χ4v) is 8.58. The van der Waals surface area contributed by atoms with Crippen LogP contribution in [0.1, 0.15) is 53.4 Å². The Labute approximate surface area is 232 Å². The number of ether oxygens (including phenoxy) is 2. The molecule has 1 N–H and O–H groups in total. The molecular formula is C33H30ClNO4. The van der Waals surface area contributed by atoms with E-state index in [0.29, 0.717) is 12.4 Å². The van der Waals surface area contributed by atoms with Gasteiger partial charge in [-0.15, -0.1) is 0 Å². The number of rotatable bonds is 5. The van der Waals surface area contributed by atoms with E-state index in [1.807, 2.05) is 30.3 Å². The Kier molecular flexibility index (Phi) is 4.56. The zero-order valence-electron chi connectivity index (χ0n) is 21.7. The lowest BCUT2D eigenvalue weighted by molar-refractivity contribution is -0.212. The number of para-hydroxylation sites is 1. The Balaban J connectivity index is 1.29. The molecule has 9 rings (SSSR count). The molecule has 1 saturated carbocycles. The normalized spacial score (nSPS) is 30.2. The van der Waals surface area contributed by atoms with Gasteiger partial charge in [0.05, 0.1) is 12.0 Å². The van der Waals surface area contributed by atoms with E-state index in [1.165, 1.54) is 24.0 Å². The van der Waals surface area contributed by atoms with Gasteiger partial charge in [0.1, 0.15) is 16.9 Å². The van der Waals surface area contributed by atoms with Crippen molar-refractivity contribution in [3.05, 3.63) is 93.7 Å². The fourth-order valence-electron chi connectivity index (χ4n) is 8.46. The van der Waals surface area contributed by atoms with E-state index in [2.05, 4.69) is 35.2 Å². The van der Waals surface area contributed by atoms with Crippen molar-refractivity contribution >= 4 is 22.6 Å². The maximum atomic E-state index is 11.1. The Morgan fingerprint density at radius 2 is 1.90 bits per heavy atom. The van der Waals surface area contributed by atoms with Crippen LogP contribution in [0.4, 0.5) is 0 Å². The molecule has 0 amide bonds. The number of benzene rings is 3. The number of furan rings is 1. The van der Waals surface area contributed by atoms with Crippen molar-refractivity contribution in [3.63, 3.8) is 0 Å². The summed E-state index contributed by atoms with van der Waals surface area (Å²) in [5.74, 6) is 2.52. The second-order valence-corrected chi connectivity index (χ2v) is 12.7. The third-order valence-electron chi connectivity index (χ3n) is 10.3. The van der Waals surface area contributed by atoms with Crippen molar-refractivity contribution in [1.29, 1.82) is 0 Å². The number of hydrogen-bond donors (Lipinski definition) is 1. The SMILES string of the molecule is Oc1ccc2c3c1O[C@H]1c4oc5ccccc5c4C[C@@]4(OCc5ccc(Cl)cc5)[C@@H](C2)N(CC2CC2)CC[C@]314. The van der Waals surface area contributed by atoms with Crippen molar-refractivity contribution in [2.24, 2.45) is 5.92 Å². The van der Waals surface area contributed by atoms with Crippen LogP contribution in [-0.4, -0.2) is 34.7 Å². The minimum atomic E-state index is -0.532. The summed E-state index contributed by atoms with van der Waals surface area (Å²) in [5, 5.41) is 12.9. The molecule has 39 heavy (non-hydrogen) atoms. The number of likely N-dealkylation sites (tertiary alicyclic amines) is 1. The van der Waals surface area contributed by atoms with Crippen LogP contribution in [-0.2, 0) is 29.6 Å². The van der Waals surface area contributed by atoms with Crippen LogP contribution in [0.3, 0.4) is 0 Å². The Morgan fingerprint density at radius 1 is 1.05 bits per heavy atom. The number of phenols is 1. The van der Waals surface area contributed by atoms with E-state index in [-0.39, 0.29) is 17.9 Å². The number of piperidine rings is 1. The first-order valence-electron chi connectivity index (χ1n) is 14.2. The van der Waals surface area contributed by atoms with Crippen LogP contribution < -0.4 is 4.74 Å². The van der Waals surface area contributed by atoms with E-state index in [9.17, 15) is 5.11 Å². The molecule has 5 aliphatic rings. The third-order valence-corrected chi connectivity index (χ3v) is 10.6. The molecule has 4 aromatic rings. The minimum Gasteiger partial charge on any atom is -0.504 e. The lowest BCUT2D eigenvalue weighted by Crippen LogP contribution is -2.75. The van der Waals surface area contributed by atoms with Gasteiger partial charge >= 0.3 is 0 Å². The summed E-state index contributed by atoms with van der Waals surface area (Å²) in [6.07, 6.45) is 4.85. The number of hydrogen-bond acceptors (Lipinski definition) is 5. The molecule has 2 fully saturated rings. The predicted octanol–water partition coefficient (Wildman–Crippen LogP) is 6.72. The molecule has 5 nitrogen and oxygen atoms in total. The first-order chi connectivity index (χ1) is 19.1. The lowest BCUT2D eigenvalue weighted by atomic mass is 9.49. The molecule has 198 valence electrons. The maximum Gasteiger partial charge on any atom is 0.169 e. The summed E-state index contributed by atoms with van der Waals surface area (Å²) in [4.78, 5) is 2.73. The van der Waals surface area contributed by atoms with Gasteiger partial charge in [-0.2, -0.15) is 0 Å². The fraction of sp³-hybridized carbons (Fsp3) is 0.394. The molecule has 0 radical (unpaired) electrons. The van der Waals surface area contributed by atoms with Gasteiger partial charge in [0.25, 0.3) is 0 Å². The van der Waals surface area contributed by atoms with E-state index < -0.39 is 11.0 Å². The number of aromatic hydroxyl groups is 1. The predicted molar refractivity (Wildman–Crippen MR) is 148 cm³/mol. The Morgan fingerprint density at radius 3 is 2.74 bits per heavy atom. The molecular weight excluding hydrogens is 510 g/mol. The lowest BCUT2D eigenvalue weighted by Gasteiger charge is -2.64. The largest absolute Gasteiger partial charge is 0.504 e. The summed E-state index contributed by atoms with van der Waals surface area (Å²) >= 11 is 6.22. The van der Waals surface area contributed by atoms with Gasteiger partial charge in [0, 0.05) is 40.5 Å². The number of nitrogens with zero attached hydrogens (tertiary/aromatic N) is 1. The minimum absolute atomic E-state index is 0.204. The van der Waals surface area contributed by atoms with Gasteiger partial charge in [-0.25, -0.2) is 0 Å². The monoisotopic (exact) mass is 539 g/mol. The number of fused-ring (bicyclic) bond motifs is 4. The highest BCUT2D eigenvalue weighted by Crippen LogP contribution is 2.70. The summed E-state index contributed by atoms with van der Waals surface area (Å²) in [7, 11) is 0. The van der Waals surface area contributed by atoms with Crippen LogP contribution in [0.25, 0.3) is 11.0 Å². The maximum absolute atomic E-state index is 11.1. The molecule has 3 aromatic carbocycles. The molecule has 1 spiro atoms. The van der Waals surface area contributed by atoms with Crippen LogP contribution in [0.15, 0.2) is 65.1 Å².